The van der Waals surface area contributed by atoms with Crippen molar-refractivity contribution in [2.75, 3.05) is 0 Å². The lowest BCUT2D eigenvalue weighted by molar-refractivity contribution is -0.171. The molecule has 0 radical (unpaired) electrons. The van der Waals surface area contributed by atoms with Gasteiger partial charge in [-0.25, -0.2) is 0 Å². The van der Waals surface area contributed by atoms with Crippen LogP contribution in [0.15, 0.2) is 0 Å². The summed E-state index contributed by atoms with van der Waals surface area (Å²) in [6, 6.07) is 0. The Bertz CT molecular complexity index is 607. The summed E-state index contributed by atoms with van der Waals surface area (Å²) >= 11 is 0. The molecule has 5 unspecified atom stereocenters. The van der Waals surface area contributed by atoms with Gasteiger partial charge in [0.25, 0.3) is 0 Å². The van der Waals surface area contributed by atoms with Gasteiger partial charge in [0.05, 0.1) is 11.3 Å². The molecule has 3 aliphatic rings. The van der Waals surface area contributed by atoms with Crippen LogP contribution in [0.5, 0.6) is 0 Å². The Labute approximate surface area is 154 Å². The van der Waals surface area contributed by atoms with E-state index >= 15 is 0 Å². The van der Waals surface area contributed by atoms with Gasteiger partial charge in [-0.05, 0) is 53.4 Å². The molecule has 146 valence electrons. The second kappa shape index (κ2) is 6.54. The summed E-state index contributed by atoms with van der Waals surface area (Å²) in [5.74, 6) is -0.232. The fourth-order valence-corrected chi connectivity index (χ4v) is 4.26. The van der Waals surface area contributed by atoms with Gasteiger partial charge in [-0.3, -0.25) is 14.4 Å². The lowest BCUT2D eigenvalue weighted by atomic mass is 9.88. The first-order chi connectivity index (χ1) is 12.0. The Balaban J connectivity index is 1.48. The van der Waals surface area contributed by atoms with E-state index in [4.69, 9.17) is 14.2 Å². The van der Waals surface area contributed by atoms with Crippen LogP contribution in [0.1, 0.15) is 66.7 Å². The molecule has 3 rings (SSSR count). The number of carbonyl (C=O) groups excluding carboxylic acids is 3. The number of fused-ring (bicyclic) bond motifs is 1. The summed E-state index contributed by atoms with van der Waals surface area (Å²) in [7, 11) is 0. The van der Waals surface area contributed by atoms with Gasteiger partial charge in [0.1, 0.15) is 17.8 Å². The second-order valence-electron chi connectivity index (χ2n) is 9.24. The van der Waals surface area contributed by atoms with Crippen molar-refractivity contribution in [3.8, 4) is 0 Å². The molecule has 0 aromatic carbocycles. The van der Waals surface area contributed by atoms with Gasteiger partial charge in [0, 0.05) is 18.3 Å². The maximum Gasteiger partial charge on any atom is 0.312 e. The molecule has 2 aliphatic carbocycles. The van der Waals surface area contributed by atoms with Crippen molar-refractivity contribution >= 4 is 17.9 Å². The zero-order valence-electron chi connectivity index (χ0n) is 16.4. The van der Waals surface area contributed by atoms with Gasteiger partial charge < -0.3 is 14.2 Å². The highest BCUT2D eigenvalue weighted by atomic mass is 16.6. The normalized spacial score (nSPS) is 32.5. The lowest BCUT2D eigenvalue weighted by Crippen LogP contribution is -2.38. The molecule has 2 bridgehead atoms. The van der Waals surface area contributed by atoms with Crippen LogP contribution in [0.3, 0.4) is 0 Å². The number of hydrogen-bond acceptors (Lipinski definition) is 6. The summed E-state index contributed by atoms with van der Waals surface area (Å²) in [5, 5.41) is 0. The van der Waals surface area contributed by atoms with Crippen LogP contribution in [-0.4, -0.2) is 35.7 Å². The number of esters is 3. The highest BCUT2D eigenvalue weighted by molar-refractivity contribution is 5.77. The first-order valence-corrected chi connectivity index (χ1v) is 9.67. The van der Waals surface area contributed by atoms with Crippen LogP contribution in [0.2, 0.25) is 0 Å². The van der Waals surface area contributed by atoms with E-state index in [0.717, 1.165) is 12.8 Å². The van der Waals surface area contributed by atoms with Gasteiger partial charge in [-0.2, -0.15) is 0 Å². The molecule has 6 heteroatoms. The van der Waals surface area contributed by atoms with Gasteiger partial charge in [-0.1, -0.05) is 6.92 Å². The van der Waals surface area contributed by atoms with E-state index in [-0.39, 0.29) is 54.3 Å². The van der Waals surface area contributed by atoms with Crippen LogP contribution in [0.4, 0.5) is 0 Å². The van der Waals surface area contributed by atoms with Gasteiger partial charge >= 0.3 is 17.9 Å². The third kappa shape index (κ3) is 3.47. The van der Waals surface area contributed by atoms with Crippen molar-refractivity contribution < 1.29 is 28.6 Å². The Kier molecular flexibility index (Phi) is 4.82. The predicted octanol–water partition coefficient (Wildman–Crippen LogP) is 3.02. The minimum Gasteiger partial charge on any atom is -0.459 e. The molecular weight excluding hydrogens is 336 g/mol. The maximum atomic E-state index is 12.3. The monoisotopic (exact) mass is 366 g/mol. The van der Waals surface area contributed by atoms with Crippen molar-refractivity contribution in [2.45, 2.75) is 84.5 Å². The molecule has 3 fully saturated rings. The van der Waals surface area contributed by atoms with Crippen LogP contribution in [0.25, 0.3) is 0 Å². The third-order valence-corrected chi connectivity index (χ3v) is 6.42. The molecule has 5 atom stereocenters. The standard InChI is InChI=1S/C20H30O6/c1-6-19(2,3)18(23)26-20(4,5)8-7-14(21)24-15-11-9-12-13(10-11)17(22)25-16(12)15/h11-13,15-16H,6-10H2,1-5H3. The quantitative estimate of drug-likeness (QED) is 0.509. The van der Waals surface area contributed by atoms with Gasteiger partial charge in [-0.15, -0.1) is 0 Å². The molecule has 0 aromatic heterocycles. The van der Waals surface area contributed by atoms with E-state index in [9.17, 15) is 14.4 Å². The molecule has 0 spiro atoms. The number of hydrogen-bond donors (Lipinski definition) is 0. The molecule has 0 amide bonds. The Morgan fingerprint density at radius 1 is 1.19 bits per heavy atom. The second-order valence-corrected chi connectivity index (χ2v) is 9.24. The molecular formula is C20H30O6. The van der Waals surface area contributed by atoms with Gasteiger partial charge in [0.2, 0.25) is 0 Å². The Morgan fingerprint density at radius 3 is 2.54 bits per heavy atom. The summed E-state index contributed by atoms with van der Waals surface area (Å²) < 4.78 is 16.7. The average Bonchev–Trinajstić information content (AvgIpc) is 3.17. The van der Waals surface area contributed by atoms with Crippen molar-refractivity contribution in [3.63, 3.8) is 0 Å². The topological polar surface area (TPSA) is 78.9 Å². The van der Waals surface area contributed by atoms with Crippen LogP contribution in [-0.2, 0) is 28.6 Å². The van der Waals surface area contributed by atoms with Crippen molar-refractivity contribution in [2.24, 2.45) is 23.2 Å². The summed E-state index contributed by atoms with van der Waals surface area (Å²) in [6.07, 6.45) is 2.37. The molecule has 26 heavy (non-hydrogen) atoms. The van der Waals surface area contributed by atoms with Crippen molar-refractivity contribution in [3.05, 3.63) is 0 Å². The van der Waals surface area contributed by atoms with E-state index in [1.165, 1.54) is 0 Å². The molecule has 1 heterocycles. The predicted molar refractivity (Wildman–Crippen MR) is 92.9 cm³/mol. The van der Waals surface area contributed by atoms with Crippen LogP contribution < -0.4 is 0 Å². The largest absolute Gasteiger partial charge is 0.459 e. The highest BCUT2D eigenvalue weighted by Gasteiger charge is 2.63. The summed E-state index contributed by atoms with van der Waals surface area (Å²) in [4.78, 5) is 36.3. The molecule has 2 saturated carbocycles. The summed E-state index contributed by atoms with van der Waals surface area (Å²) in [6.45, 7) is 9.27. The minimum atomic E-state index is -0.734. The lowest BCUT2D eigenvalue weighted by Gasteiger charge is -2.30. The zero-order chi connectivity index (χ0) is 19.3. The summed E-state index contributed by atoms with van der Waals surface area (Å²) in [5.41, 5.74) is -1.27. The van der Waals surface area contributed by atoms with E-state index in [1.807, 2.05) is 34.6 Å². The van der Waals surface area contributed by atoms with Crippen molar-refractivity contribution in [1.29, 1.82) is 0 Å². The third-order valence-electron chi connectivity index (χ3n) is 6.42. The van der Waals surface area contributed by atoms with Crippen LogP contribution in [0, 0.1) is 23.2 Å². The molecule has 0 aromatic rings. The number of carbonyl (C=O) groups is 3. The minimum absolute atomic E-state index is 0.0141. The smallest absolute Gasteiger partial charge is 0.312 e. The SMILES string of the molecule is CCC(C)(C)C(=O)OC(C)(C)CCC(=O)OC1C2CC3C(=O)OC1C3C2. The molecule has 6 nitrogen and oxygen atoms in total. The van der Waals surface area contributed by atoms with Crippen molar-refractivity contribution in [1.82, 2.24) is 0 Å². The Hall–Kier alpha value is -1.59. The highest BCUT2D eigenvalue weighted by Crippen LogP contribution is 2.55. The van der Waals surface area contributed by atoms with E-state index in [2.05, 4.69) is 0 Å². The maximum absolute atomic E-state index is 12.3. The molecule has 1 saturated heterocycles. The van der Waals surface area contributed by atoms with Gasteiger partial charge in [0.15, 0.2) is 0 Å². The Morgan fingerprint density at radius 2 is 1.88 bits per heavy atom. The van der Waals surface area contributed by atoms with E-state index in [1.54, 1.807) is 0 Å². The zero-order valence-corrected chi connectivity index (χ0v) is 16.4. The van der Waals surface area contributed by atoms with Crippen LogP contribution >= 0.6 is 0 Å². The molecule has 0 N–H and O–H groups in total. The fourth-order valence-electron chi connectivity index (χ4n) is 4.26. The average molecular weight is 366 g/mol. The van der Waals surface area contributed by atoms with E-state index < -0.39 is 11.0 Å². The first-order valence-electron chi connectivity index (χ1n) is 9.67. The number of ether oxygens (including phenoxy) is 3. The first kappa shape index (κ1) is 19.2. The fraction of sp³-hybridized carbons (Fsp3) is 0.850. The number of rotatable bonds is 7. The van der Waals surface area contributed by atoms with E-state index in [0.29, 0.717) is 12.8 Å². The molecule has 1 aliphatic heterocycles.